The van der Waals surface area contributed by atoms with Crippen LogP contribution in [0, 0.1) is 0 Å². The van der Waals surface area contributed by atoms with Crippen LogP contribution in [0.15, 0.2) is 260 Å². The van der Waals surface area contributed by atoms with E-state index in [1.165, 1.54) is 21.8 Å². The van der Waals surface area contributed by atoms with E-state index in [-0.39, 0.29) is 6.17 Å². The lowest BCUT2D eigenvalue weighted by molar-refractivity contribution is 0.664. The molecule has 1 N–H and O–H groups in total. The number of rotatable bonds is 9. The lowest BCUT2D eigenvalue weighted by Crippen LogP contribution is -2.24. The van der Waals surface area contributed by atoms with Crippen LogP contribution in [0.5, 0.6) is 0 Å². The summed E-state index contributed by atoms with van der Waals surface area (Å²) in [5.74, 6) is 0. The fraction of sp³-hybridized carbons (Fsp3) is 0.0159. The number of hydrogen-bond donors (Lipinski definition) is 1. The van der Waals surface area contributed by atoms with Gasteiger partial charge in [0.05, 0.1) is 28.1 Å². The van der Waals surface area contributed by atoms with E-state index in [9.17, 15) is 0 Å². The van der Waals surface area contributed by atoms with Gasteiger partial charge in [0, 0.05) is 50.0 Å². The zero-order valence-corrected chi connectivity index (χ0v) is 36.7. The van der Waals surface area contributed by atoms with Crippen molar-refractivity contribution in [2.75, 3.05) is 0 Å². The Labute approximate surface area is 390 Å². The Morgan fingerprint density at radius 3 is 1.24 bits per heavy atom. The molecule has 9 aromatic carbocycles. The van der Waals surface area contributed by atoms with Gasteiger partial charge in [0.2, 0.25) is 0 Å². The van der Waals surface area contributed by atoms with E-state index in [4.69, 9.17) is 9.98 Å². The van der Waals surface area contributed by atoms with Gasteiger partial charge in [0.15, 0.2) is 0 Å². The van der Waals surface area contributed by atoms with E-state index >= 15 is 0 Å². The molecule has 0 spiro atoms. The molecule has 4 nitrogen and oxygen atoms in total. The van der Waals surface area contributed by atoms with Crippen LogP contribution in [-0.4, -0.2) is 15.3 Å². The number of aromatic nitrogens is 2. The van der Waals surface area contributed by atoms with Gasteiger partial charge < -0.3 is 9.88 Å². The van der Waals surface area contributed by atoms with Crippen LogP contribution in [0.4, 0.5) is 0 Å². The molecule has 1 aliphatic rings. The first-order valence-electron chi connectivity index (χ1n) is 22.9. The summed E-state index contributed by atoms with van der Waals surface area (Å²) < 4.78 is 2.36. The highest BCUT2D eigenvalue weighted by Gasteiger charge is 2.26. The molecule has 1 atom stereocenters. The topological polar surface area (TPSA) is 42.2 Å². The quantitative estimate of drug-likeness (QED) is 0.157. The molecule has 0 fully saturated rings. The van der Waals surface area contributed by atoms with Gasteiger partial charge in [-0.15, -0.1) is 0 Å². The summed E-state index contributed by atoms with van der Waals surface area (Å²) in [7, 11) is 0. The molecule has 1 aliphatic heterocycles. The van der Waals surface area contributed by atoms with Crippen molar-refractivity contribution >= 4 is 33.2 Å². The highest BCUT2D eigenvalue weighted by atomic mass is 15.1. The maximum absolute atomic E-state index is 5.63. The maximum Gasteiger partial charge on any atom is 0.145 e. The number of nitrogens with zero attached hydrogens (tertiary/aromatic N) is 3. The lowest BCUT2D eigenvalue weighted by atomic mass is 9.83. The zero-order chi connectivity index (χ0) is 44.5. The minimum atomic E-state index is -0.333. The smallest absolute Gasteiger partial charge is 0.145 e. The third-order valence-corrected chi connectivity index (χ3v) is 12.9. The van der Waals surface area contributed by atoms with Crippen LogP contribution in [0.1, 0.15) is 22.9 Å². The predicted octanol–water partition coefficient (Wildman–Crippen LogP) is 15.6. The molecule has 2 aromatic heterocycles. The van der Waals surface area contributed by atoms with E-state index in [1.807, 2.05) is 0 Å². The predicted molar refractivity (Wildman–Crippen MR) is 279 cm³/mol. The van der Waals surface area contributed by atoms with Crippen molar-refractivity contribution in [2.45, 2.75) is 6.17 Å². The van der Waals surface area contributed by atoms with Gasteiger partial charge in [-0.05, 0) is 63.7 Å². The standard InChI is InChI=1S/C63H44N4/c1-6-20-43(21-7-1)54-42-55(44-38-40-51(41-39-44)67-56-32-18-16-30-52(56)53-31-17-19-33-57(53)67)65-63(64-54)50-36-34-47(35-37-50)58-59(45-22-8-2-9-23-45)61(48-26-12-4-13-27-48)66-62(49-28-14-5-15-29-49)60(58)46-24-10-3-11-25-46/h1-42,63,65H. The van der Waals surface area contributed by atoms with E-state index in [1.54, 1.807) is 0 Å². The number of pyridine rings is 1. The van der Waals surface area contributed by atoms with Crippen molar-refractivity contribution in [1.82, 2.24) is 14.9 Å². The van der Waals surface area contributed by atoms with E-state index in [0.717, 1.165) is 89.7 Å². The van der Waals surface area contributed by atoms with Crippen LogP contribution in [0.2, 0.25) is 0 Å². The molecule has 0 amide bonds. The molecule has 0 bridgehead atoms. The van der Waals surface area contributed by atoms with Gasteiger partial charge in [0.1, 0.15) is 6.17 Å². The first-order chi connectivity index (χ1) is 33.2. The fourth-order valence-corrected chi connectivity index (χ4v) is 9.70. The molecule has 12 rings (SSSR count). The lowest BCUT2D eigenvalue weighted by Gasteiger charge is -2.26. The molecule has 0 radical (unpaired) electrons. The van der Waals surface area contributed by atoms with Gasteiger partial charge >= 0.3 is 0 Å². The SMILES string of the molecule is C1=C(c2ccc(-n3c4ccccc4c4ccccc43)cc2)NC(c2ccc(-c3c(-c4ccccc4)c(-c4ccccc4)nc(-c4ccccc4)c3-c3ccccc3)cc2)N=C1c1ccccc1. The summed E-state index contributed by atoms with van der Waals surface area (Å²) in [4.78, 5) is 11.0. The van der Waals surface area contributed by atoms with Gasteiger partial charge in [-0.3, -0.25) is 4.99 Å². The first kappa shape index (κ1) is 39.7. The Hall–Kier alpha value is -8.86. The number of para-hydroxylation sites is 2. The Bertz CT molecular complexity index is 3440. The van der Waals surface area contributed by atoms with Crippen molar-refractivity contribution in [1.29, 1.82) is 0 Å². The molecular formula is C63H44N4. The minimum absolute atomic E-state index is 0.333. The van der Waals surface area contributed by atoms with Gasteiger partial charge in [-0.1, -0.05) is 224 Å². The molecule has 1 unspecified atom stereocenters. The van der Waals surface area contributed by atoms with E-state index < -0.39 is 0 Å². The van der Waals surface area contributed by atoms with Crippen molar-refractivity contribution in [3.8, 4) is 61.6 Å². The van der Waals surface area contributed by atoms with Crippen molar-refractivity contribution in [3.63, 3.8) is 0 Å². The van der Waals surface area contributed by atoms with E-state index in [0.29, 0.717) is 0 Å². The van der Waals surface area contributed by atoms with Crippen LogP contribution in [0.3, 0.4) is 0 Å². The number of aliphatic imine (C=N–C) groups is 1. The summed E-state index contributed by atoms with van der Waals surface area (Å²) in [6.07, 6.45) is 1.85. The zero-order valence-electron chi connectivity index (χ0n) is 36.7. The number of hydrogen-bond acceptors (Lipinski definition) is 3. The monoisotopic (exact) mass is 856 g/mol. The molecular weight excluding hydrogens is 813 g/mol. The average molecular weight is 857 g/mol. The molecule has 0 aliphatic carbocycles. The van der Waals surface area contributed by atoms with Gasteiger partial charge in [-0.2, -0.15) is 0 Å². The largest absolute Gasteiger partial charge is 0.360 e. The molecule has 67 heavy (non-hydrogen) atoms. The number of nitrogens with one attached hydrogen (secondary N) is 1. The Kier molecular flexibility index (Phi) is 10.2. The fourth-order valence-electron chi connectivity index (χ4n) is 9.70. The van der Waals surface area contributed by atoms with E-state index in [2.05, 4.69) is 265 Å². The highest BCUT2D eigenvalue weighted by molar-refractivity contribution is 6.13. The summed E-state index contributed by atoms with van der Waals surface area (Å²) in [6.45, 7) is 0. The van der Waals surface area contributed by atoms with Gasteiger partial charge in [0.25, 0.3) is 0 Å². The summed E-state index contributed by atoms with van der Waals surface area (Å²) in [5.41, 5.74) is 19.3. The Morgan fingerprint density at radius 2 is 0.746 bits per heavy atom. The Morgan fingerprint density at radius 1 is 0.343 bits per heavy atom. The molecule has 4 heteroatoms. The third kappa shape index (κ3) is 7.41. The van der Waals surface area contributed by atoms with Crippen LogP contribution >= 0.6 is 0 Å². The molecule has 316 valence electrons. The second kappa shape index (κ2) is 17.3. The van der Waals surface area contributed by atoms with Crippen LogP contribution in [-0.2, 0) is 0 Å². The summed E-state index contributed by atoms with van der Waals surface area (Å²) in [6, 6.07) is 88.3. The third-order valence-electron chi connectivity index (χ3n) is 12.9. The molecule has 11 aromatic rings. The molecule has 0 saturated carbocycles. The summed E-state index contributed by atoms with van der Waals surface area (Å²) >= 11 is 0. The summed E-state index contributed by atoms with van der Waals surface area (Å²) in [5, 5.41) is 6.35. The van der Waals surface area contributed by atoms with Crippen LogP contribution in [0.25, 0.3) is 89.1 Å². The number of fused-ring (bicyclic) bond motifs is 3. The highest BCUT2D eigenvalue weighted by Crippen LogP contribution is 2.49. The van der Waals surface area contributed by atoms with Crippen molar-refractivity contribution < 1.29 is 0 Å². The molecule has 3 heterocycles. The number of benzene rings is 9. The minimum Gasteiger partial charge on any atom is -0.360 e. The average Bonchev–Trinajstić information content (AvgIpc) is 3.76. The number of allylic oxidation sites excluding steroid dienone is 1. The van der Waals surface area contributed by atoms with Gasteiger partial charge in [-0.25, -0.2) is 4.98 Å². The van der Waals surface area contributed by atoms with Crippen molar-refractivity contribution in [3.05, 3.63) is 271 Å². The normalized spacial score (nSPS) is 13.5. The second-order valence-corrected chi connectivity index (χ2v) is 16.9. The maximum atomic E-state index is 5.63. The van der Waals surface area contributed by atoms with Crippen molar-refractivity contribution in [2.24, 2.45) is 4.99 Å². The first-order valence-corrected chi connectivity index (χ1v) is 22.9. The van der Waals surface area contributed by atoms with Crippen LogP contribution < -0.4 is 5.32 Å². The second-order valence-electron chi connectivity index (χ2n) is 16.9. The molecule has 0 saturated heterocycles. The Balaban J connectivity index is 0.989.